The molecule has 1 aromatic heterocycles. The van der Waals surface area contributed by atoms with Gasteiger partial charge in [0.1, 0.15) is 0 Å². The molecule has 1 heterocycles. The van der Waals surface area contributed by atoms with E-state index < -0.39 is 0 Å². The molecule has 5 heteroatoms. The molecule has 1 rings (SSSR count). The zero-order valence-electron chi connectivity index (χ0n) is 8.17. The topological polar surface area (TPSA) is 42.1 Å². The molecular weight excluding hydrogens is 249 g/mol. The third kappa shape index (κ3) is 2.42. The highest BCUT2D eigenvalue weighted by molar-refractivity contribution is 9.10. The van der Waals surface area contributed by atoms with Gasteiger partial charge in [0.05, 0.1) is 0 Å². The smallest absolute Gasteiger partial charge is 0.166 e. The lowest BCUT2D eigenvalue weighted by atomic mass is 10.3. The number of pyridine rings is 1. The molecule has 0 aliphatic heterocycles. The summed E-state index contributed by atoms with van der Waals surface area (Å²) in [5, 5.41) is 0. The van der Waals surface area contributed by atoms with Crippen molar-refractivity contribution in [3.05, 3.63) is 22.6 Å². The fourth-order valence-electron chi connectivity index (χ4n) is 1.03. The zero-order valence-corrected chi connectivity index (χ0v) is 9.75. The second-order valence-corrected chi connectivity index (χ2v) is 4.07. The van der Waals surface area contributed by atoms with Gasteiger partial charge >= 0.3 is 0 Å². The maximum atomic E-state index is 13.4. The highest BCUT2D eigenvalue weighted by atomic mass is 79.9. The van der Waals surface area contributed by atoms with Crippen LogP contribution in [0.4, 0.5) is 10.2 Å². The largest absolute Gasteiger partial charge is 0.353 e. The van der Waals surface area contributed by atoms with Crippen LogP contribution in [0, 0.1) is 5.82 Å². The molecule has 14 heavy (non-hydrogen) atoms. The Hall–Kier alpha value is -0.680. The molecule has 0 aliphatic carbocycles. The molecule has 2 N–H and O–H groups in total. The Kier molecular flexibility index (Phi) is 3.83. The summed E-state index contributed by atoms with van der Waals surface area (Å²) in [6, 6.07) is 1.46. The Morgan fingerprint density at radius 2 is 2.36 bits per heavy atom. The second-order valence-electron chi connectivity index (χ2n) is 3.15. The van der Waals surface area contributed by atoms with Crippen LogP contribution in [0.15, 0.2) is 16.7 Å². The highest BCUT2D eigenvalue weighted by Gasteiger charge is 2.13. The monoisotopic (exact) mass is 261 g/mol. The molecule has 0 saturated heterocycles. The number of aromatic nitrogens is 1. The van der Waals surface area contributed by atoms with Crippen molar-refractivity contribution in [2.45, 2.75) is 13.0 Å². The average molecular weight is 262 g/mol. The van der Waals surface area contributed by atoms with Crippen molar-refractivity contribution in [2.24, 2.45) is 5.73 Å². The molecule has 0 fully saturated rings. The van der Waals surface area contributed by atoms with Gasteiger partial charge in [0.25, 0.3) is 0 Å². The summed E-state index contributed by atoms with van der Waals surface area (Å²) in [7, 11) is 1.77. The second kappa shape index (κ2) is 4.70. The molecule has 0 spiro atoms. The minimum atomic E-state index is -0.345. The summed E-state index contributed by atoms with van der Waals surface area (Å²) in [4.78, 5) is 5.72. The fraction of sp³-hybridized carbons (Fsp3) is 0.444. The van der Waals surface area contributed by atoms with Gasteiger partial charge in [-0.2, -0.15) is 0 Å². The molecule has 3 nitrogen and oxygen atoms in total. The van der Waals surface area contributed by atoms with E-state index in [2.05, 4.69) is 20.9 Å². The Morgan fingerprint density at radius 1 is 1.71 bits per heavy atom. The van der Waals surface area contributed by atoms with Crippen molar-refractivity contribution in [1.82, 2.24) is 4.98 Å². The highest BCUT2D eigenvalue weighted by Crippen LogP contribution is 2.19. The third-order valence-electron chi connectivity index (χ3n) is 2.12. The predicted octanol–water partition coefficient (Wildman–Crippen LogP) is 1.77. The minimum absolute atomic E-state index is 0.0678. The summed E-state index contributed by atoms with van der Waals surface area (Å²) >= 11 is 3.15. The first-order chi connectivity index (χ1) is 6.56. The van der Waals surface area contributed by atoms with E-state index in [4.69, 9.17) is 5.73 Å². The van der Waals surface area contributed by atoms with Gasteiger partial charge < -0.3 is 10.6 Å². The Morgan fingerprint density at radius 3 is 2.86 bits per heavy atom. The number of rotatable bonds is 3. The number of nitrogens with zero attached hydrogens (tertiary/aromatic N) is 2. The standard InChI is InChI=1S/C9H13BrFN3/c1-6(4-12)14(2)9-8(11)3-7(10)5-13-9/h3,5-6H,4,12H2,1-2H3. The molecule has 1 unspecified atom stereocenters. The molecule has 1 atom stereocenters. The number of likely N-dealkylation sites (N-methyl/N-ethyl adjacent to an activating group) is 1. The Bertz CT molecular complexity index is 319. The van der Waals surface area contributed by atoms with Crippen LogP contribution in [0.25, 0.3) is 0 Å². The summed E-state index contributed by atoms with van der Waals surface area (Å²) in [6.45, 7) is 2.39. The number of halogens is 2. The van der Waals surface area contributed by atoms with Crippen LogP contribution < -0.4 is 10.6 Å². The van der Waals surface area contributed by atoms with Crippen LogP contribution >= 0.6 is 15.9 Å². The van der Waals surface area contributed by atoms with Crippen molar-refractivity contribution in [1.29, 1.82) is 0 Å². The van der Waals surface area contributed by atoms with Gasteiger partial charge in [-0.3, -0.25) is 0 Å². The van der Waals surface area contributed by atoms with Crippen molar-refractivity contribution >= 4 is 21.7 Å². The van der Waals surface area contributed by atoms with Crippen molar-refractivity contribution in [3.63, 3.8) is 0 Å². The van der Waals surface area contributed by atoms with E-state index in [1.165, 1.54) is 6.07 Å². The van der Waals surface area contributed by atoms with Crippen LogP contribution in [-0.2, 0) is 0 Å². The van der Waals surface area contributed by atoms with Crippen LogP contribution in [0.3, 0.4) is 0 Å². The number of nitrogens with two attached hydrogens (primary N) is 1. The van der Waals surface area contributed by atoms with Crippen LogP contribution in [0.1, 0.15) is 6.92 Å². The van der Waals surface area contributed by atoms with E-state index in [9.17, 15) is 4.39 Å². The lowest BCUT2D eigenvalue weighted by Crippen LogP contribution is -2.36. The van der Waals surface area contributed by atoms with Gasteiger partial charge in [-0.1, -0.05) is 0 Å². The van der Waals surface area contributed by atoms with E-state index in [1.807, 2.05) is 6.92 Å². The van der Waals surface area contributed by atoms with Crippen molar-refractivity contribution < 1.29 is 4.39 Å². The molecule has 0 bridgehead atoms. The molecule has 0 aromatic carbocycles. The summed E-state index contributed by atoms with van der Waals surface area (Å²) < 4.78 is 14.1. The normalized spacial score (nSPS) is 12.6. The molecule has 0 radical (unpaired) electrons. The summed E-state index contributed by atoms with van der Waals surface area (Å²) in [5.74, 6) is -0.0201. The molecule has 1 aromatic rings. The predicted molar refractivity (Wildman–Crippen MR) is 58.8 cm³/mol. The lowest BCUT2D eigenvalue weighted by molar-refractivity contribution is 0.597. The first kappa shape index (κ1) is 11.4. The van der Waals surface area contributed by atoms with Gasteiger partial charge in [-0.15, -0.1) is 0 Å². The van der Waals surface area contributed by atoms with Gasteiger partial charge in [-0.05, 0) is 28.9 Å². The maximum Gasteiger partial charge on any atom is 0.166 e. The fourth-order valence-corrected chi connectivity index (χ4v) is 1.34. The average Bonchev–Trinajstić information content (AvgIpc) is 2.15. The quantitative estimate of drug-likeness (QED) is 0.902. The van der Waals surface area contributed by atoms with E-state index in [0.717, 1.165) is 0 Å². The summed E-state index contributed by atoms with van der Waals surface area (Å²) in [5.41, 5.74) is 5.49. The Labute approximate surface area is 91.2 Å². The van der Waals surface area contributed by atoms with E-state index >= 15 is 0 Å². The first-order valence-electron chi connectivity index (χ1n) is 4.30. The molecule has 0 amide bonds. The van der Waals surface area contributed by atoms with Gasteiger partial charge in [0, 0.05) is 30.3 Å². The molecule has 0 aliphatic rings. The first-order valence-corrected chi connectivity index (χ1v) is 5.09. The van der Waals surface area contributed by atoms with Gasteiger partial charge in [0.2, 0.25) is 0 Å². The van der Waals surface area contributed by atoms with Gasteiger partial charge in [-0.25, -0.2) is 9.37 Å². The van der Waals surface area contributed by atoms with Crippen LogP contribution in [0.2, 0.25) is 0 Å². The Balaban J connectivity index is 2.95. The SMILES string of the molecule is CC(CN)N(C)c1ncc(Br)cc1F. The van der Waals surface area contributed by atoms with E-state index in [1.54, 1.807) is 18.1 Å². The molecule has 0 saturated carbocycles. The van der Waals surface area contributed by atoms with Crippen LogP contribution in [0.5, 0.6) is 0 Å². The number of hydrogen-bond acceptors (Lipinski definition) is 3. The van der Waals surface area contributed by atoms with E-state index in [0.29, 0.717) is 16.8 Å². The van der Waals surface area contributed by atoms with Crippen molar-refractivity contribution in [2.75, 3.05) is 18.5 Å². The summed E-state index contributed by atoms with van der Waals surface area (Å²) in [6.07, 6.45) is 1.57. The van der Waals surface area contributed by atoms with E-state index in [-0.39, 0.29) is 11.9 Å². The van der Waals surface area contributed by atoms with Gasteiger partial charge in [0.15, 0.2) is 11.6 Å². The minimum Gasteiger partial charge on any atom is -0.353 e. The van der Waals surface area contributed by atoms with Crippen LogP contribution in [-0.4, -0.2) is 24.6 Å². The third-order valence-corrected chi connectivity index (χ3v) is 2.56. The van der Waals surface area contributed by atoms with Crippen molar-refractivity contribution in [3.8, 4) is 0 Å². The number of anilines is 1. The maximum absolute atomic E-state index is 13.4. The lowest BCUT2D eigenvalue weighted by Gasteiger charge is -2.24. The number of hydrogen-bond donors (Lipinski definition) is 1. The molecular formula is C9H13BrFN3. The molecule has 78 valence electrons. The zero-order chi connectivity index (χ0) is 10.7.